The highest BCUT2D eigenvalue weighted by molar-refractivity contribution is 7.26. The number of allylic oxidation sites excluding steroid dienone is 6. The maximum Gasteiger partial charge on any atom is 0.124 e. The van der Waals surface area contributed by atoms with Crippen LogP contribution in [0.3, 0.4) is 0 Å². The summed E-state index contributed by atoms with van der Waals surface area (Å²) in [6, 6.07) is 47.2. The van der Waals surface area contributed by atoms with E-state index in [1.807, 2.05) is 72.9 Å². The van der Waals surface area contributed by atoms with Crippen LogP contribution in [0.2, 0.25) is 0 Å². The molecule has 0 bridgehead atoms. The second-order valence-corrected chi connectivity index (χ2v) is 17.4. The fourth-order valence-electron chi connectivity index (χ4n) is 10.2. The van der Waals surface area contributed by atoms with Crippen LogP contribution in [0, 0.1) is 11.8 Å². The van der Waals surface area contributed by atoms with Crippen molar-refractivity contribution in [1.29, 1.82) is 0 Å². The highest BCUT2D eigenvalue weighted by Gasteiger charge is 2.27. The minimum Gasteiger partial charge on any atom is -0.507 e. The lowest BCUT2D eigenvalue weighted by atomic mass is 9.74. The number of fused-ring (bicyclic) bond motifs is 6. The Morgan fingerprint density at radius 2 is 1.14 bits per heavy atom. The molecule has 1 nitrogen and oxygen atoms in total. The number of thiophene rings is 1. The monoisotopic (exact) mass is 838 g/mol. The van der Waals surface area contributed by atoms with Gasteiger partial charge in [0.1, 0.15) is 5.75 Å². The molecule has 2 unspecified atom stereocenters. The predicted molar refractivity (Wildman–Crippen MR) is 283 cm³/mol. The van der Waals surface area contributed by atoms with Gasteiger partial charge in [0.25, 0.3) is 0 Å². The third-order valence-corrected chi connectivity index (χ3v) is 14.2. The van der Waals surface area contributed by atoms with E-state index in [0.717, 1.165) is 109 Å². The van der Waals surface area contributed by atoms with Gasteiger partial charge in [-0.2, -0.15) is 0 Å². The SMILES string of the molecule is C=Cc1cccc(-c2cc(O)c(-c3ccccc3)c3c2ccc2sc4ccc(-c5cccc(-c6c(C=C)c(C=C)c(C7=CC=CC(C=C)C7C=C)c7ccccc67)c5)cc4c23)c1C=C. The van der Waals surface area contributed by atoms with E-state index >= 15 is 0 Å². The first kappa shape index (κ1) is 40.3. The largest absolute Gasteiger partial charge is 0.507 e. The first-order chi connectivity index (χ1) is 31.4. The lowest BCUT2D eigenvalue weighted by Crippen LogP contribution is -2.14. The van der Waals surface area contributed by atoms with Gasteiger partial charge in [0.2, 0.25) is 0 Å². The van der Waals surface area contributed by atoms with E-state index in [2.05, 4.69) is 155 Å². The van der Waals surface area contributed by atoms with E-state index in [0.29, 0.717) is 0 Å². The van der Waals surface area contributed by atoms with Crippen molar-refractivity contribution in [3.8, 4) is 50.3 Å². The number of benzene rings is 8. The van der Waals surface area contributed by atoms with Crippen molar-refractivity contribution in [1.82, 2.24) is 0 Å². The molecule has 64 heavy (non-hydrogen) atoms. The summed E-state index contributed by atoms with van der Waals surface area (Å²) in [5, 5.41) is 18.8. The van der Waals surface area contributed by atoms with Crippen molar-refractivity contribution in [2.24, 2.45) is 11.8 Å². The number of phenols is 1. The summed E-state index contributed by atoms with van der Waals surface area (Å²) in [6.07, 6.45) is 18.3. The van der Waals surface area contributed by atoms with Crippen LogP contribution >= 0.6 is 11.3 Å². The Morgan fingerprint density at radius 3 is 1.88 bits per heavy atom. The van der Waals surface area contributed by atoms with Crippen molar-refractivity contribution in [2.45, 2.75) is 0 Å². The molecule has 9 aromatic rings. The molecule has 306 valence electrons. The summed E-state index contributed by atoms with van der Waals surface area (Å²) in [5.41, 5.74) is 14.6. The molecule has 2 heteroatoms. The topological polar surface area (TPSA) is 20.2 Å². The van der Waals surface area contributed by atoms with Gasteiger partial charge in [0, 0.05) is 43.0 Å². The van der Waals surface area contributed by atoms with Crippen LogP contribution in [0.1, 0.15) is 27.8 Å². The first-order valence-corrected chi connectivity index (χ1v) is 22.4. The van der Waals surface area contributed by atoms with E-state index in [-0.39, 0.29) is 17.6 Å². The highest BCUT2D eigenvalue weighted by Crippen LogP contribution is 2.51. The van der Waals surface area contributed by atoms with Gasteiger partial charge in [-0.1, -0.05) is 184 Å². The van der Waals surface area contributed by atoms with E-state index in [9.17, 15) is 5.11 Å². The van der Waals surface area contributed by atoms with Gasteiger partial charge in [0.05, 0.1) is 0 Å². The first-order valence-electron chi connectivity index (χ1n) is 21.6. The molecule has 0 fully saturated rings. The Balaban J connectivity index is 1.21. The summed E-state index contributed by atoms with van der Waals surface area (Å²) < 4.78 is 2.34. The Bertz CT molecular complexity index is 3510. The Labute approximate surface area is 379 Å². The number of aromatic hydroxyl groups is 1. The third kappa shape index (κ3) is 6.37. The van der Waals surface area contributed by atoms with Crippen LogP contribution in [-0.2, 0) is 0 Å². The summed E-state index contributed by atoms with van der Waals surface area (Å²) >= 11 is 1.78. The van der Waals surface area contributed by atoms with E-state index < -0.39 is 0 Å². The molecule has 8 aromatic carbocycles. The van der Waals surface area contributed by atoms with Crippen LogP contribution in [-0.4, -0.2) is 5.11 Å². The Kier molecular flexibility index (Phi) is 10.4. The molecule has 0 radical (unpaired) electrons. The highest BCUT2D eigenvalue weighted by atomic mass is 32.1. The molecule has 0 saturated carbocycles. The molecule has 1 N–H and O–H groups in total. The van der Waals surface area contributed by atoms with Crippen molar-refractivity contribution >= 4 is 82.9 Å². The fourth-order valence-corrected chi connectivity index (χ4v) is 11.2. The molecule has 0 saturated heterocycles. The average molecular weight is 839 g/mol. The summed E-state index contributed by atoms with van der Waals surface area (Å²) in [7, 11) is 0. The van der Waals surface area contributed by atoms with Crippen LogP contribution in [0.25, 0.3) is 116 Å². The maximum absolute atomic E-state index is 12.2. The average Bonchev–Trinajstić information content (AvgIpc) is 3.73. The normalized spacial score (nSPS) is 14.7. The molecular weight excluding hydrogens is 793 g/mol. The van der Waals surface area contributed by atoms with Gasteiger partial charge in [0.15, 0.2) is 0 Å². The summed E-state index contributed by atoms with van der Waals surface area (Å²) in [6.45, 7) is 25.4. The van der Waals surface area contributed by atoms with Gasteiger partial charge in [-0.3, -0.25) is 0 Å². The molecule has 0 spiro atoms. The number of phenolic OH excluding ortho intramolecular Hbond substituents is 1. The molecular formula is C62H46OS. The molecule has 1 aliphatic rings. The summed E-state index contributed by atoms with van der Waals surface area (Å²) in [4.78, 5) is 0. The van der Waals surface area contributed by atoms with Gasteiger partial charge < -0.3 is 5.11 Å². The quantitative estimate of drug-likeness (QED) is 0.129. The molecule has 1 aromatic heterocycles. The van der Waals surface area contributed by atoms with Gasteiger partial charge >= 0.3 is 0 Å². The smallest absolute Gasteiger partial charge is 0.124 e. The van der Waals surface area contributed by atoms with Crippen LogP contribution in [0.5, 0.6) is 5.75 Å². The zero-order valence-electron chi connectivity index (χ0n) is 35.7. The van der Waals surface area contributed by atoms with Crippen LogP contribution in [0.15, 0.2) is 203 Å². The maximum atomic E-state index is 12.2. The minimum atomic E-state index is 0.0732. The van der Waals surface area contributed by atoms with Gasteiger partial charge in [-0.15, -0.1) is 24.5 Å². The van der Waals surface area contributed by atoms with Crippen LogP contribution < -0.4 is 0 Å². The van der Waals surface area contributed by atoms with Crippen molar-refractivity contribution in [3.05, 3.63) is 231 Å². The molecule has 0 aliphatic heterocycles. The summed E-state index contributed by atoms with van der Waals surface area (Å²) in [5.74, 6) is 0.449. The molecule has 2 atom stereocenters. The molecule has 10 rings (SSSR count). The lowest BCUT2D eigenvalue weighted by Gasteiger charge is -2.29. The van der Waals surface area contributed by atoms with E-state index in [1.165, 1.54) is 10.3 Å². The van der Waals surface area contributed by atoms with Gasteiger partial charge in [-0.05, 0) is 119 Å². The predicted octanol–water partition coefficient (Wildman–Crippen LogP) is 17.9. The van der Waals surface area contributed by atoms with Crippen molar-refractivity contribution < 1.29 is 5.11 Å². The minimum absolute atomic E-state index is 0.0732. The second kappa shape index (κ2) is 16.5. The molecule has 1 heterocycles. The number of rotatable bonds is 11. The molecule has 1 aliphatic carbocycles. The molecule has 0 amide bonds. The standard InChI is InChI=1S/C62H46OS/c1-7-38-23-19-29-48(44(38)9-3)53-37-55(63)59(40-21-14-13-15-22-40)62-52(53)32-34-57-61(62)54-36-42(31-33-56(54)64-57)41-25-18-26-43(35-41)58-46(11-5)47(12-6)60(51-28-17-16-27-50(51)58)49-30-20-24-39(8-2)45(49)10-4/h7-37,39,45,63H,1-6H2. The third-order valence-electron chi connectivity index (χ3n) is 13.0. The second-order valence-electron chi connectivity index (χ2n) is 16.3. The fraction of sp³-hybridized carbons (Fsp3) is 0.0323. The van der Waals surface area contributed by atoms with E-state index in [1.54, 1.807) is 11.3 Å². The van der Waals surface area contributed by atoms with Crippen molar-refractivity contribution in [2.75, 3.05) is 0 Å². The van der Waals surface area contributed by atoms with Crippen molar-refractivity contribution in [3.63, 3.8) is 0 Å². The Hall–Kier alpha value is -7.78. The number of hydrogen-bond donors (Lipinski definition) is 1. The zero-order chi connectivity index (χ0) is 44.1. The van der Waals surface area contributed by atoms with Gasteiger partial charge in [-0.25, -0.2) is 0 Å². The lowest BCUT2D eigenvalue weighted by molar-refractivity contribution is 0.478. The van der Waals surface area contributed by atoms with E-state index in [4.69, 9.17) is 0 Å². The number of hydrogen-bond acceptors (Lipinski definition) is 2. The zero-order valence-corrected chi connectivity index (χ0v) is 36.5. The van der Waals surface area contributed by atoms with Crippen LogP contribution in [0.4, 0.5) is 0 Å². The Morgan fingerprint density at radius 1 is 0.469 bits per heavy atom.